The monoisotopic (exact) mass is 343 g/mol. The van der Waals surface area contributed by atoms with Gasteiger partial charge in [-0.3, -0.25) is 4.79 Å². The zero-order valence-electron chi connectivity index (χ0n) is 12.5. The molecule has 0 amide bonds. The molecule has 0 fully saturated rings. The third-order valence-electron chi connectivity index (χ3n) is 3.43. The van der Waals surface area contributed by atoms with Crippen LogP contribution in [0.15, 0.2) is 52.2 Å². The highest BCUT2D eigenvalue weighted by Gasteiger charge is 2.27. The Morgan fingerprint density at radius 2 is 2.08 bits per heavy atom. The summed E-state index contributed by atoms with van der Waals surface area (Å²) in [6.45, 7) is 0.296. The molecule has 1 aliphatic heterocycles. The van der Waals surface area contributed by atoms with E-state index >= 15 is 0 Å². The summed E-state index contributed by atoms with van der Waals surface area (Å²) in [4.78, 5) is 14.8. The maximum atomic E-state index is 11.9. The van der Waals surface area contributed by atoms with Crippen molar-refractivity contribution in [3.63, 3.8) is 0 Å². The molecule has 0 bridgehead atoms. The lowest BCUT2D eigenvalue weighted by Gasteiger charge is -2.23. The predicted octanol–water partition coefficient (Wildman–Crippen LogP) is 2.89. The van der Waals surface area contributed by atoms with Crippen LogP contribution in [-0.4, -0.2) is 33.3 Å². The number of para-hydroxylation sites is 2. The first-order valence-electron chi connectivity index (χ1n) is 7.31. The molecule has 4 rings (SSSR count). The summed E-state index contributed by atoms with van der Waals surface area (Å²) in [5.41, 5.74) is 0.558. The summed E-state index contributed by atoms with van der Waals surface area (Å²) in [6, 6.07) is 10.9. The Kier molecular flexibility index (Phi) is 3.96. The number of H-pyrrole nitrogens is 1. The Morgan fingerprint density at radius 3 is 2.92 bits per heavy atom. The van der Waals surface area contributed by atoms with Gasteiger partial charge in [-0.15, -0.1) is 10.2 Å². The minimum Gasteiger partial charge on any atom is -0.485 e. The van der Waals surface area contributed by atoms with Gasteiger partial charge in [0.2, 0.25) is 6.10 Å². The van der Waals surface area contributed by atoms with Gasteiger partial charge in [0.25, 0.3) is 11.1 Å². The fourth-order valence-corrected chi connectivity index (χ4v) is 2.91. The Balaban J connectivity index is 1.39. The van der Waals surface area contributed by atoms with Gasteiger partial charge in [0, 0.05) is 6.20 Å². The van der Waals surface area contributed by atoms with Crippen molar-refractivity contribution in [3.8, 4) is 11.5 Å². The Labute approximate surface area is 141 Å². The normalized spacial score (nSPS) is 16.1. The molecule has 2 aromatic heterocycles. The molecule has 0 saturated heterocycles. The van der Waals surface area contributed by atoms with Gasteiger partial charge in [0.15, 0.2) is 17.3 Å². The number of ketones is 1. The van der Waals surface area contributed by atoms with E-state index < -0.39 is 6.10 Å². The molecule has 1 aliphatic rings. The van der Waals surface area contributed by atoms with Crippen LogP contribution in [0.2, 0.25) is 0 Å². The maximum absolute atomic E-state index is 11.9. The number of aromatic nitrogens is 3. The van der Waals surface area contributed by atoms with E-state index in [1.165, 1.54) is 11.8 Å². The van der Waals surface area contributed by atoms with Crippen LogP contribution < -0.4 is 9.47 Å². The standard InChI is InChI=1S/C16H13N3O4S/c20-11(10-4-3-7-17-10)9-24-16-19-18-15(23-16)14-8-21-12-5-1-2-6-13(12)22-14/h1-7,14,17H,8-9H2. The summed E-state index contributed by atoms with van der Waals surface area (Å²) >= 11 is 1.19. The first-order chi connectivity index (χ1) is 11.8. The van der Waals surface area contributed by atoms with Gasteiger partial charge in [-0.25, -0.2) is 0 Å². The largest absolute Gasteiger partial charge is 0.485 e. The van der Waals surface area contributed by atoms with Crippen molar-refractivity contribution in [3.05, 3.63) is 54.2 Å². The van der Waals surface area contributed by atoms with Crippen molar-refractivity contribution in [2.45, 2.75) is 11.3 Å². The fraction of sp³-hybridized carbons (Fsp3) is 0.188. The van der Waals surface area contributed by atoms with Gasteiger partial charge in [-0.05, 0) is 24.3 Å². The molecule has 3 aromatic rings. The van der Waals surface area contributed by atoms with Gasteiger partial charge < -0.3 is 18.9 Å². The van der Waals surface area contributed by atoms with Gasteiger partial charge >= 0.3 is 0 Å². The molecule has 0 spiro atoms. The van der Waals surface area contributed by atoms with Crippen LogP contribution in [-0.2, 0) is 0 Å². The molecule has 122 valence electrons. The second-order valence-electron chi connectivity index (χ2n) is 5.07. The first kappa shape index (κ1) is 14.8. The van der Waals surface area contributed by atoms with Crippen molar-refractivity contribution in [1.82, 2.24) is 15.2 Å². The van der Waals surface area contributed by atoms with Crippen molar-refractivity contribution < 1.29 is 18.7 Å². The zero-order valence-corrected chi connectivity index (χ0v) is 13.3. The Morgan fingerprint density at radius 1 is 1.21 bits per heavy atom. The van der Waals surface area contributed by atoms with E-state index in [1.807, 2.05) is 24.3 Å². The number of nitrogens with one attached hydrogen (secondary N) is 1. The van der Waals surface area contributed by atoms with Crippen molar-refractivity contribution >= 4 is 17.5 Å². The van der Waals surface area contributed by atoms with Crippen molar-refractivity contribution in [2.24, 2.45) is 0 Å². The Hall–Kier alpha value is -2.74. The molecule has 0 saturated carbocycles. The smallest absolute Gasteiger partial charge is 0.277 e. The fourth-order valence-electron chi connectivity index (χ4n) is 2.26. The number of rotatable bonds is 5. The predicted molar refractivity (Wildman–Crippen MR) is 85.5 cm³/mol. The lowest BCUT2D eigenvalue weighted by molar-refractivity contribution is 0.0686. The average Bonchev–Trinajstić information content (AvgIpc) is 3.31. The molecular weight excluding hydrogens is 330 g/mol. The summed E-state index contributed by atoms with van der Waals surface area (Å²) in [6.07, 6.45) is 1.25. The van der Waals surface area contributed by atoms with E-state index in [9.17, 15) is 4.79 Å². The second kappa shape index (κ2) is 6.40. The molecule has 8 heteroatoms. The number of nitrogens with zero attached hydrogens (tertiary/aromatic N) is 2. The van der Waals surface area contributed by atoms with Crippen LogP contribution in [0.1, 0.15) is 22.5 Å². The van der Waals surface area contributed by atoms with Crippen LogP contribution in [0.3, 0.4) is 0 Å². The average molecular weight is 343 g/mol. The van der Waals surface area contributed by atoms with Crippen molar-refractivity contribution in [1.29, 1.82) is 0 Å². The number of hydrogen-bond acceptors (Lipinski definition) is 7. The van der Waals surface area contributed by atoms with E-state index in [0.717, 1.165) is 0 Å². The zero-order chi connectivity index (χ0) is 16.4. The molecular formula is C16H13N3O4S. The summed E-state index contributed by atoms with van der Waals surface area (Å²) in [5, 5.41) is 8.27. The molecule has 3 heterocycles. The number of fused-ring (bicyclic) bond motifs is 1. The van der Waals surface area contributed by atoms with Crippen molar-refractivity contribution in [2.75, 3.05) is 12.4 Å². The van der Waals surface area contributed by atoms with Crippen LogP contribution in [0.4, 0.5) is 0 Å². The van der Waals surface area contributed by atoms with E-state index in [0.29, 0.717) is 34.9 Å². The number of hydrogen-bond donors (Lipinski definition) is 1. The number of carbonyl (C=O) groups is 1. The van der Waals surface area contributed by atoms with E-state index in [1.54, 1.807) is 18.3 Å². The van der Waals surface area contributed by atoms with Crippen LogP contribution in [0.25, 0.3) is 0 Å². The third kappa shape index (κ3) is 3.00. The highest BCUT2D eigenvalue weighted by molar-refractivity contribution is 7.99. The van der Waals surface area contributed by atoms with Gasteiger partial charge in [-0.2, -0.15) is 0 Å². The van der Waals surface area contributed by atoms with E-state index in [-0.39, 0.29) is 11.5 Å². The highest BCUT2D eigenvalue weighted by atomic mass is 32.2. The summed E-state index contributed by atoms with van der Waals surface area (Å²) < 4.78 is 17.0. The second-order valence-corrected chi connectivity index (χ2v) is 5.99. The maximum Gasteiger partial charge on any atom is 0.277 e. The number of carbonyl (C=O) groups excluding carboxylic acids is 1. The number of ether oxygens (including phenoxy) is 2. The molecule has 1 atom stereocenters. The number of aromatic amines is 1. The molecule has 0 aliphatic carbocycles. The molecule has 1 unspecified atom stereocenters. The molecule has 7 nitrogen and oxygen atoms in total. The quantitative estimate of drug-likeness (QED) is 0.562. The third-order valence-corrected chi connectivity index (χ3v) is 4.25. The van der Waals surface area contributed by atoms with Gasteiger partial charge in [-0.1, -0.05) is 23.9 Å². The number of thioether (sulfide) groups is 1. The van der Waals surface area contributed by atoms with E-state index in [2.05, 4.69) is 15.2 Å². The number of Topliss-reactive ketones (excluding diaryl/α,β-unsaturated/α-hetero) is 1. The number of benzene rings is 1. The molecule has 1 aromatic carbocycles. The minimum absolute atomic E-state index is 0.0315. The van der Waals surface area contributed by atoms with Gasteiger partial charge in [0.1, 0.15) is 6.61 Å². The summed E-state index contributed by atoms with van der Waals surface area (Å²) in [7, 11) is 0. The Bertz CT molecular complexity index is 847. The van der Waals surface area contributed by atoms with Crippen LogP contribution in [0.5, 0.6) is 11.5 Å². The molecule has 24 heavy (non-hydrogen) atoms. The van der Waals surface area contributed by atoms with Crippen LogP contribution >= 0.6 is 11.8 Å². The lowest BCUT2D eigenvalue weighted by Crippen LogP contribution is -2.21. The molecule has 1 N–H and O–H groups in total. The van der Waals surface area contributed by atoms with E-state index in [4.69, 9.17) is 13.9 Å². The van der Waals surface area contributed by atoms with Gasteiger partial charge in [0.05, 0.1) is 11.4 Å². The first-order valence-corrected chi connectivity index (χ1v) is 8.29. The highest BCUT2D eigenvalue weighted by Crippen LogP contribution is 2.35. The summed E-state index contributed by atoms with van der Waals surface area (Å²) in [5.74, 6) is 1.85. The minimum atomic E-state index is -0.458. The SMILES string of the molecule is O=C(CSc1nnc(C2COc3ccccc3O2)o1)c1ccc[nH]1. The molecule has 0 radical (unpaired) electrons. The topological polar surface area (TPSA) is 90.2 Å². The lowest BCUT2D eigenvalue weighted by atomic mass is 10.2. The van der Waals surface area contributed by atoms with Crippen LogP contribution in [0, 0.1) is 0 Å².